The van der Waals surface area contributed by atoms with E-state index in [1.807, 2.05) is 32.6 Å². The summed E-state index contributed by atoms with van der Waals surface area (Å²) < 4.78 is 0. The molecule has 0 spiro atoms. The number of hydrogen-bond donors (Lipinski definition) is 1. The van der Waals surface area contributed by atoms with Gasteiger partial charge in [0.25, 0.3) is 0 Å². The first-order valence-corrected chi connectivity index (χ1v) is 10.1. The van der Waals surface area contributed by atoms with E-state index >= 15 is 0 Å². The zero-order valence-corrected chi connectivity index (χ0v) is 18.1. The van der Waals surface area contributed by atoms with Gasteiger partial charge >= 0.3 is 0 Å². The second kappa shape index (κ2) is 8.04. The molecule has 1 aromatic rings. The molecule has 150 valence electrons. The van der Waals surface area contributed by atoms with E-state index in [9.17, 15) is 9.59 Å². The summed E-state index contributed by atoms with van der Waals surface area (Å²) in [5, 5.41) is 3.16. The van der Waals surface area contributed by atoms with Crippen molar-refractivity contribution in [2.24, 2.45) is 11.3 Å². The second-order valence-electron chi connectivity index (χ2n) is 9.92. The fourth-order valence-electron chi connectivity index (χ4n) is 3.51. The number of amides is 2. The fourth-order valence-corrected chi connectivity index (χ4v) is 3.51. The molecular weight excluding hydrogens is 336 g/mol. The molecule has 0 radical (unpaired) electrons. The molecule has 1 heterocycles. The number of carbonyl (C=O) groups excluding carboxylic acids is 2. The Bertz CT molecular complexity index is 657. The number of nitrogens with one attached hydrogen (secondary N) is 1. The Morgan fingerprint density at radius 2 is 1.52 bits per heavy atom. The number of hydrogen-bond acceptors (Lipinski definition) is 2. The summed E-state index contributed by atoms with van der Waals surface area (Å²) in [6.07, 6.45) is 1.48. The van der Waals surface area contributed by atoms with Crippen molar-refractivity contribution in [2.75, 3.05) is 13.1 Å². The molecule has 27 heavy (non-hydrogen) atoms. The van der Waals surface area contributed by atoms with E-state index in [1.54, 1.807) is 0 Å². The van der Waals surface area contributed by atoms with Crippen LogP contribution in [0.15, 0.2) is 24.3 Å². The van der Waals surface area contributed by atoms with Gasteiger partial charge < -0.3 is 10.2 Å². The maximum Gasteiger partial charge on any atom is 0.227 e. The summed E-state index contributed by atoms with van der Waals surface area (Å²) in [6, 6.07) is 8.50. The number of benzene rings is 1. The molecule has 0 saturated carbocycles. The maximum absolute atomic E-state index is 12.7. The van der Waals surface area contributed by atoms with Crippen LogP contribution in [0.25, 0.3) is 0 Å². The molecule has 1 aliphatic rings. The molecule has 4 nitrogen and oxygen atoms in total. The summed E-state index contributed by atoms with van der Waals surface area (Å²) >= 11 is 0. The molecule has 4 heteroatoms. The van der Waals surface area contributed by atoms with Crippen LogP contribution < -0.4 is 5.32 Å². The summed E-state index contributed by atoms with van der Waals surface area (Å²) in [7, 11) is 0. The van der Waals surface area contributed by atoms with Gasteiger partial charge in [-0.3, -0.25) is 9.59 Å². The first kappa shape index (κ1) is 21.5. The zero-order chi connectivity index (χ0) is 20.4. The van der Waals surface area contributed by atoms with Crippen LogP contribution in [0.3, 0.4) is 0 Å². The summed E-state index contributed by atoms with van der Waals surface area (Å²) in [5.74, 6) is 0.268. The summed E-state index contributed by atoms with van der Waals surface area (Å²) in [6.45, 7) is 15.8. The first-order valence-electron chi connectivity index (χ1n) is 10.1. The van der Waals surface area contributed by atoms with E-state index in [-0.39, 0.29) is 34.6 Å². The molecule has 2 rings (SSSR count). The van der Waals surface area contributed by atoms with Crippen molar-refractivity contribution < 1.29 is 9.59 Å². The monoisotopic (exact) mass is 372 g/mol. The van der Waals surface area contributed by atoms with Crippen LogP contribution in [0.5, 0.6) is 0 Å². The second-order valence-corrected chi connectivity index (χ2v) is 9.92. The van der Waals surface area contributed by atoms with E-state index in [0.717, 1.165) is 18.4 Å². The SMILES string of the molecule is CC(NC(=O)C1CCN(C(=O)C(C)(C)C)CC1)c1ccc(C(C)(C)C)cc1. The van der Waals surface area contributed by atoms with Crippen molar-refractivity contribution in [1.82, 2.24) is 10.2 Å². The molecule has 0 bridgehead atoms. The van der Waals surface area contributed by atoms with Gasteiger partial charge in [-0.25, -0.2) is 0 Å². The average Bonchev–Trinajstić information content (AvgIpc) is 2.59. The van der Waals surface area contributed by atoms with Crippen molar-refractivity contribution in [1.29, 1.82) is 0 Å². The van der Waals surface area contributed by atoms with Crippen molar-refractivity contribution >= 4 is 11.8 Å². The van der Waals surface area contributed by atoms with Gasteiger partial charge in [0, 0.05) is 24.4 Å². The Labute approximate surface area is 164 Å². The molecule has 1 atom stereocenters. The average molecular weight is 373 g/mol. The van der Waals surface area contributed by atoms with Crippen molar-refractivity contribution in [3.8, 4) is 0 Å². The van der Waals surface area contributed by atoms with E-state index < -0.39 is 0 Å². The standard InChI is InChI=1S/C23H36N2O2/c1-16(17-8-10-19(11-9-17)22(2,3)4)24-20(26)18-12-14-25(15-13-18)21(27)23(5,6)7/h8-11,16,18H,12-15H2,1-7H3,(H,24,26). The van der Waals surface area contributed by atoms with Gasteiger partial charge in [-0.05, 0) is 36.3 Å². The molecule has 2 amide bonds. The number of carbonyl (C=O) groups is 2. The molecule has 1 aromatic carbocycles. The Balaban J connectivity index is 1.89. The summed E-state index contributed by atoms with van der Waals surface area (Å²) in [4.78, 5) is 27.0. The highest BCUT2D eigenvalue weighted by Gasteiger charge is 2.32. The van der Waals surface area contributed by atoms with Gasteiger partial charge in [-0.1, -0.05) is 65.8 Å². The third-order valence-electron chi connectivity index (χ3n) is 5.43. The van der Waals surface area contributed by atoms with Gasteiger partial charge in [0.15, 0.2) is 0 Å². The van der Waals surface area contributed by atoms with Gasteiger partial charge in [-0.2, -0.15) is 0 Å². The van der Waals surface area contributed by atoms with E-state index in [0.29, 0.717) is 13.1 Å². The van der Waals surface area contributed by atoms with Crippen molar-refractivity contribution in [2.45, 2.75) is 72.8 Å². The maximum atomic E-state index is 12.7. The Morgan fingerprint density at radius 1 is 1.00 bits per heavy atom. The predicted molar refractivity (Wildman–Crippen MR) is 110 cm³/mol. The quantitative estimate of drug-likeness (QED) is 0.852. The number of likely N-dealkylation sites (tertiary alicyclic amines) is 1. The molecule has 1 unspecified atom stereocenters. The number of nitrogens with zero attached hydrogens (tertiary/aromatic N) is 1. The molecule has 1 aliphatic heterocycles. The van der Waals surface area contributed by atoms with Crippen molar-refractivity contribution in [3.05, 3.63) is 35.4 Å². The lowest BCUT2D eigenvalue weighted by Gasteiger charge is -2.35. The normalized spacial score (nSPS) is 17.5. The van der Waals surface area contributed by atoms with Crippen LogP contribution >= 0.6 is 0 Å². The third kappa shape index (κ3) is 5.57. The predicted octanol–water partition coefficient (Wildman–Crippen LogP) is 4.45. The van der Waals surface area contributed by atoms with Crippen molar-refractivity contribution in [3.63, 3.8) is 0 Å². The van der Waals surface area contributed by atoms with Crippen LogP contribution in [0, 0.1) is 11.3 Å². The lowest BCUT2D eigenvalue weighted by atomic mass is 9.86. The van der Waals surface area contributed by atoms with E-state index in [1.165, 1.54) is 5.56 Å². The van der Waals surface area contributed by atoms with Crippen LogP contribution in [0.1, 0.15) is 78.5 Å². The van der Waals surface area contributed by atoms with Crippen LogP contribution in [0.2, 0.25) is 0 Å². The minimum absolute atomic E-state index is 0.00897. The Kier molecular flexibility index (Phi) is 6.39. The van der Waals surface area contributed by atoms with Gasteiger partial charge in [-0.15, -0.1) is 0 Å². The molecule has 1 saturated heterocycles. The largest absolute Gasteiger partial charge is 0.349 e. The highest BCUT2D eigenvalue weighted by atomic mass is 16.2. The van der Waals surface area contributed by atoms with E-state index in [2.05, 4.69) is 50.4 Å². The minimum atomic E-state index is -0.358. The van der Waals surface area contributed by atoms with Crippen LogP contribution in [0.4, 0.5) is 0 Å². The van der Waals surface area contributed by atoms with Gasteiger partial charge in [0.05, 0.1) is 6.04 Å². The van der Waals surface area contributed by atoms with Crippen LogP contribution in [-0.2, 0) is 15.0 Å². The minimum Gasteiger partial charge on any atom is -0.349 e. The Morgan fingerprint density at radius 3 is 1.96 bits per heavy atom. The number of rotatable bonds is 3. The fraction of sp³-hybridized carbons (Fsp3) is 0.652. The van der Waals surface area contributed by atoms with Gasteiger partial charge in [0.1, 0.15) is 0 Å². The lowest BCUT2D eigenvalue weighted by molar-refractivity contribution is -0.142. The lowest BCUT2D eigenvalue weighted by Crippen LogP contribution is -2.46. The molecule has 1 fully saturated rings. The topological polar surface area (TPSA) is 49.4 Å². The first-order chi connectivity index (χ1) is 12.4. The molecular formula is C23H36N2O2. The molecule has 0 aromatic heterocycles. The number of piperidine rings is 1. The molecule has 0 aliphatic carbocycles. The van der Waals surface area contributed by atoms with Crippen LogP contribution in [-0.4, -0.2) is 29.8 Å². The molecule has 1 N–H and O–H groups in total. The third-order valence-corrected chi connectivity index (χ3v) is 5.43. The summed E-state index contributed by atoms with van der Waals surface area (Å²) in [5.41, 5.74) is 2.18. The Hall–Kier alpha value is -1.84. The van der Waals surface area contributed by atoms with E-state index in [4.69, 9.17) is 0 Å². The highest BCUT2D eigenvalue weighted by Crippen LogP contribution is 2.26. The zero-order valence-electron chi connectivity index (χ0n) is 18.1. The highest BCUT2D eigenvalue weighted by molar-refractivity contribution is 5.82. The van der Waals surface area contributed by atoms with Gasteiger partial charge in [0.2, 0.25) is 11.8 Å². The smallest absolute Gasteiger partial charge is 0.227 e.